The Balaban J connectivity index is 2.07. The number of nitrogens with zero attached hydrogens (tertiary/aromatic N) is 3. The van der Waals surface area contributed by atoms with Crippen LogP contribution in [-0.2, 0) is 6.42 Å². The van der Waals surface area contributed by atoms with E-state index >= 15 is 0 Å². The number of nitrogens with two attached hydrogens (primary N) is 1. The number of aromatic amines is 1. The molecule has 0 saturated carbocycles. The average Bonchev–Trinajstić information content (AvgIpc) is 2.88. The molecule has 5 nitrogen and oxygen atoms in total. The maximum absolute atomic E-state index is 5.83. The van der Waals surface area contributed by atoms with E-state index < -0.39 is 0 Å². The molecule has 0 bridgehead atoms. The molecule has 0 spiro atoms. The number of hydrogen-bond donors (Lipinski definition) is 2. The number of unbranched alkanes of at least 4 members (excludes halogenated alkanes) is 1. The highest BCUT2D eigenvalue weighted by Crippen LogP contribution is 2.27. The molecule has 3 aromatic rings. The summed E-state index contributed by atoms with van der Waals surface area (Å²) in [6.45, 7) is 2.16. The van der Waals surface area contributed by atoms with Crippen LogP contribution in [0.2, 0.25) is 0 Å². The maximum Gasteiger partial charge on any atom is 0.220 e. The number of aryl methyl sites for hydroxylation is 1. The van der Waals surface area contributed by atoms with Crippen LogP contribution in [0.25, 0.3) is 22.2 Å². The maximum atomic E-state index is 5.83. The van der Waals surface area contributed by atoms with E-state index in [1.54, 1.807) is 6.20 Å². The van der Waals surface area contributed by atoms with Gasteiger partial charge in [-0.2, -0.15) is 0 Å². The van der Waals surface area contributed by atoms with E-state index in [-0.39, 0.29) is 0 Å². The summed E-state index contributed by atoms with van der Waals surface area (Å²) in [6.07, 6.45) is 8.71. The van der Waals surface area contributed by atoms with Crippen molar-refractivity contribution in [1.82, 2.24) is 19.9 Å². The number of aromatic nitrogens is 4. The van der Waals surface area contributed by atoms with Gasteiger partial charge in [0.2, 0.25) is 5.95 Å². The van der Waals surface area contributed by atoms with Gasteiger partial charge in [0.15, 0.2) is 0 Å². The van der Waals surface area contributed by atoms with Crippen molar-refractivity contribution >= 4 is 16.9 Å². The molecule has 3 aromatic heterocycles. The topological polar surface area (TPSA) is 80.5 Å². The summed E-state index contributed by atoms with van der Waals surface area (Å²) in [7, 11) is 0. The molecule has 3 rings (SSSR count). The summed E-state index contributed by atoms with van der Waals surface area (Å²) in [4.78, 5) is 16.1. The summed E-state index contributed by atoms with van der Waals surface area (Å²) in [6, 6.07) is 3.96. The number of rotatable bonds is 4. The first kappa shape index (κ1) is 12.6. The first-order valence-corrected chi connectivity index (χ1v) is 6.83. The zero-order valence-corrected chi connectivity index (χ0v) is 11.4. The molecule has 0 fully saturated rings. The van der Waals surface area contributed by atoms with Gasteiger partial charge in [0.05, 0.1) is 5.69 Å². The second-order valence-electron chi connectivity index (χ2n) is 4.83. The largest absolute Gasteiger partial charge is 0.368 e. The van der Waals surface area contributed by atoms with E-state index in [9.17, 15) is 0 Å². The molecule has 20 heavy (non-hydrogen) atoms. The predicted octanol–water partition coefficient (Wildman–Crippen LogP) is 2.94. The summed E-state index contributed by atoms with van der Waals surface area (Å²) < 4.78 is 0. The monoisotopic (exact) mass is 267 g/mol. The molecule has 0 aromatic carbocycles. The van der Waals surface area contributed by atoms with E-state index in [1.807, 2.05) is 24.5 Å². The van der Waals surface area contributed by atoms with Crippen molar-refractivity contribution < 1.29 is 0 Å². The molecule has 3 heterocycles. The van der Waals surface area contributed by atoms with Gasteiger partial charge in [0, 0.05) is 40.8 Å². The van der Waals surface area contributed by atoms with Gasteiger partial charge in [-0.05, 0) is 25.0 Å². The van der Waals surface area contributed by atoms with E-state index in [4.69, 9.17) is 5.73 Å². The fraction of sp³-hybridized carbons (Fsp3) is 0.267. The molecule has 0 atom stereocenters. The number of nitrogen functional groups attached to an aromatic ring is 1. The molecule has 0 saturated heterocycles. The van der Waals surface area contributed by atoms with Crippen molar-refractivity contribution in [2.75, 3.05) is 5.73 Å². The molecule has 3 N–H and O–H groups in total. The summed E-state index contributed by atoms with van der Waals surface area (Å²) in [5.41, 5.74) is 9.73. The summed E-state index contributed by atoms with van der Waals surface area (Å²) >= 11 is 0. The van der Waals surface area contributed by atoms with Crippen LogP contribution in [-0.4, -0.2) is 19.9 Å². The molecule has 0 aliphatic rings. The van der Waals surface area contributed by atoms with E-state index in [1.165, 1.54) is 0 Å². The van der Waals surface area contributed by atoms with Crippen LogP contribution in [0.3, 0.4) is 0 Å². The highest BCUT2D eigenvalue weighted by Gasteiger charge is 2.10. The van der Waals surface area contributed by atoms with Crippen LogP contribution < -0.4 is 5.73 Å². The number of anilines is 1. The smallest absolute Gasteiger partial charge is 0.220 e. The van der Waals surface area contributed by atoms with Gasteiger partial charge in [0.1, 0.15) is 0 Å². The summed E-state index contributed by atoms with van der Waals surface area (Å²) in [5, 5.41) is 1.05. The Labute approximate surface area is 117 Å². The van der Waals surface area contributed by atoms with Gasteiger partial charge in [-0.15, -0.1) is 0 Å². The molecular formula is C15H17N5. The second kappa shape index (κ2) is 5.28. The third-order valence-electron chi connectivity index (χ3n) is 3.34. The lowest BCUT2D eigenvalue weighted by Gasteiger charge is -2.04. The van der Waals surface area contributed by atoms with Crippen molar-refractivity contribution in [1.29, 1.82) is 0 Å². The Kier molecular flexibility index (Phi) is 3.33. The van der Waals surface area contributed by atoms with Crippen LogP contribution >= 0.6 is 0 Å². The number of H-pyrrole nitrogens is 1. The minimum Gasteiger partial charge on any atom is -0.368 e. The second-order valence-corrected chi connectivity index (χ2v) is 4.83. The Bertz CT molecular complexity index is 732. The Morgan fingerprint density at radius 1 is 1.30 bits per heavy atom. The van der Waals surface area contributed by atoms with Crippen LogP contribution in [0.5, 0.6) is 0 Å². The molecule has 102 valence electrons. The van der Waals surface area contributed by atoms with Crippen LogP contribution in [0.15, 0.2) is 30.7 Å². The van der Waals surface area contributed by atoms with Gasteiger partial charge in [-0.1, -0.05) is 13.3 Å². The first-order valence-electron chi connectivity index (χ1n) is 6.83. The fourth-order valence-corrected chi connectivity index (χ4v) is 2.32. The van der Waals surface area contributed by atoms with Crippen molar-refractivity contribution in [3.05, 3.63) is 36.4 Å². The van der Waals surface area contributed by atoms with Crippen molar-refractivity contribution in [3.8, 4) is 11.3 Å². The number of pyridine rings is 1. The Morgan fingerprint density at radius 2 is 2.20 bits per heavy atom. The molecular weight excluding hydrogens is 250 g/mol. The van der Waals surface area contributed by atoms with E-state index in [0.29, 0.717) is 5.95 Å². The zero-order chi connectivity index (χ0) is 13.9. The van der Waals surface area contributed by atoms with Gasteiger partial charge >= 0.3 is 0 Å². The van der Waals surface area contributed by atoms with Gasteiger partial charge in [0.25, 0.3) is 0 Å². The van der Waals surface area contributed by atoms with Crippen LogP contribution in [0, 0.1) is 0 Å². The van der Waals surface area contributed by atoms with Crippen molar-refractivity contribution in [2.45, 2.75) is 26.2 Å². The van der Waals surface area contributed by atoms with Crippen LogP contribution in [0.1, 0.15) is 25.5 Å². The van der Waals surface area contributed by atoms with Crippen LogP contribution in [0.4, 0.5) is 5.95 Å². The molecule has 0 aliphatic carbocycles. The highest BCUT2D eigenvalue weighted by atomic mass is 15.0. The minimum atomic E-state index is 0.326. The summed E-state index contributed by atoms with van der Waals surface area (Å²) in [5.74, 6) is 0.326. The van der Waals surface area contributed by atoms with Gasteiger partial charge < -0.3 is 10.7 Å². The number of hydrogen-bond acceptors (Lipinski definition) is 4. The lowest BCUT2D eigenvalue weighted by atomic mass is 10.1. The first-order chi connectivity index (χ1) is 9.78. The Hall–Kier alpha value is -2.43. The quantitative estimate of drug-likeness (QED) is 0.761. The number of nitrogens with one attached hydrogen (secondary N) is 1. The van der Waals surface area contributed by atoms with E-state index in [2.05, 4.69) is 26.9 Å². The third-order valence-corrected chi connectivity index (χ3v) is 3.34. The van der Waals surface area contributed by atoms with Gasteiger partial charge in [-0.25, -0.2) is 9.97 Å². The minimum absolute atomic E-state index is 0.326. The molecule has 0 aliphatic heterocycles. The SMILES string of the molecule is CCCCc1cc(-c2c[nH]c3ccncc23)nc(N)n1. The molecule has 0 amide bonds. The molecule has 0 radical (unpaired) electrons. The normalized spacial score (nSPS) is 11.1. The van der Waals surface area contributed by atoms with Crippen molar-refractivity contribution in [2.24, 2.45) is 0 Å². The standard InChI is InChI=1S/C15H17N5/c1-2-3-4-10-7-14(20-15(16)19-10)12-9-18-13-5-6-17-8-11(12)13/h5-9,18H,2-4H2,1H3,(H2,16,19,20). The molecule has 0 unspecified atom stereocenters. The average molecular weight is 267 g/mol. The molecule has 5 heteroatoms. The fourth-order valence-electron chi connectivity index (χ4n) is 2.32. The van der Waals surface area contributed by atoms with E-state index in [0.717, 1.165) is 47.1 Å². The Morgan fingerprint density at radius 3 is 3.05 bits per heavy atom. The number of fused-ring (bicyclic) bond motifs is 1. The lowest BCUT2D eigenvalue weighted by Crippen LogP contribution is -2.01. The lowest BCUT2D eigenvalue weighted by molar-refractivity contribution is 0.775. The predicted molar refractivity (Wildman–Crippen MR) is 80.1 cm³/mol. The van der Waals surface area contributed by atoms with Crippen molar-refractivity contribution in [3.63, 3.8) is 0 Å². The highest BCUT2D eigenvalue weighted by molar-refractivity contribution is 5.93. The third kappa shape index (κ3) is 2.34. The zero-order valence-electron chi connectivity index (χ0n) is 11.4. The van der Waals surface area contributed by atoms with Gasteiger partial charge in [-0.3, -0.25) is 4.98 Å².